The molecule has 3 aromatic rings. The minimum Gasteiger partial charge on any atom is -0.350 e. The molecule has 1 amide bonds. The third-order valence-corrected chi connectivity index (χ3v) is 3.73. The molecule has 6 heteroatoms. The van der Waals surface area contributed by atoms with Crippen LogP contribution in [0.5, 0.6) is 0 Å². The molecule has 4 nitrogen and oxygen atoms in total. The minimum absolute atomic E-state index is 0.239. The zero-order chi connectivity index (χ0) is 13.9. The highest BCUT2D eigenvalue weighted by Crippen LogP contribution is 2.11. The molecular weight excluding hydrogens is 277 g/mol. The van der Waals surface area contributed by atoms with Crippen molar-refractivity contribution in [3.63, 3.8) is 0 Å². The van der Waals surface area contributed by atoms with Gasteiger partial charge in [0.15, 0.2) is 4.96 Å². The maximum absolute atomic E-state index is 13.4. The Morgan fingerprint density at radius 2 is 2.25 bits per heavy atom. The van der Waals surface area contributed by atoms with Crippen LogP contribution in [0, 0.1) is 5.82 Å². The molecule has 0 radical (unpaired) electrons. The number of benzene rings is 1. The lowest BCUT2D eigenvalue weighted by molar-refractivity contribution is 0.0949. The molecule has 3 rings (SSSR count). The fourth-order valence-corrected chi connectivity index (χ4v) is 2.64. The zero-order valence-corrected chi connectivity index (χ0v) is 11.4. The topological polar surface area (TPSA) is 46.4 Å². The van der Waals surface area contributed by atoms with E-state index in [1.807, 2.05) is 11.6 Å². The second kappa shape index (κ2) is 5.42. The normalized spacial score (nSPS) is 10.8. The van der Waals surface area contributed by atoms with Crippen molar-refractivity contribution in [1.82, 2.24) is 14.7 Å². The Hall–Kier alpha value is -2.21. The Morgan fingerprint density at radius 1 is 1.40 bits per heavy atom. The number of carbonyl (C=O) groups excluding carboxylic acids is 1. The molecule has 0 fully saturated rings. The summed E-state index contributed by atoms with van der Waals surface area (Å²) in [7, 11) is 0. The van der Waals surface area contributed by atoms with Crippen LogP contribution in [-0.2, 0) is 6.42 Å². The smallest absolute Gasteiger partial charge is 0.271 e. The second-order valence-electron chi connectivity index (χ2n) is 4.32. The van der Waals surface area contributed by atoms with Crippen LogP contribution in [0.25, 0.3) is 4.96 Å². The van der Waals surface area contributed by atoms with Gasteiger partial charge in [-0.05, 0) is 18.1 Å². The molecule has 20 heavy (non-hydrogen) atoms. The van der Waals surface area contributed by atoms with Gasteiger partial charge in [0.1, 0.15) is 11.5 Å². The molecule has 1 N–H and O–H groups in total. The molecule has 1 aromatic carbocycles. The fourth-order valence-electron chi connectivity index (χ4n) is 1.94. The number of rotatable bonds is 4. The summed E-state index contributed by atoms with van der Waals surface area (Å²) in [5, 5.41) is 4.65. The predicted molar refractivity (Wildman–Crippen MR) is 75.5 cm³/mol. The number of nitrogens with one attached hydrogen (secondary N) is 1. The number of thiazole rings is 1. The first-order valence-corrected chi connectivity index (χ1v) is 7.06. The highest BCUT2D eigenvalue weighted by molar-refractivity contribution is 7.15. The van der Waals surface area contributed by atoms with Crippen molar-refractivity contribution < 1.29 is 9.18 Å². The Kier molecular flexibility index (Phi) is 3.47. The van der Waals surface area contributed by atoms with Gasteiger partial charge in [-0.15, -0.1) is 11.3 Å². The Balaban J connectivity index is 1.60. The van der Waals surface area contributed by atoms with Crippen molar-refractivity contribution in [1.29, 1.82) is 0 Å². The average molecular weight is 289 g/mol. The Morgan fingerprint density at radius 3 is 3.05 bits per heavy atom. The first-order chi connectivity index (χ1) is 9.74. The number of amides is 1. The number of hydrogen-bond acceptors (Lipinski definition) is 3. The minimum atomic E-state index is -0.246. The third kappa shape index (κ3) is 2.55. The molecular formula is C14H12FN3OS. The second-order valence-corrected chi connectivity index (χ2v) is 5.19. The van der Waals surface area contributed by atoms with Gasteiger partial charge in [-0.25, -0.2) is 9.37 Å². The van der Waals surface area contributed by atoms with Gasteiger partial charge in [-0.1, -0.05) is 18.2 Å². The van der Waals surface area contributed by atoms with Gasteiger partial charge in [0, 0.05) is 24.3 Å². The van der Waals surface area contributed by atoms with E-state index in [1.165, 1.54) is 17.4 Å². The van der Waals surface area contributed by atoms with Gasteiger partial charge in [0.25, 0.3) is 5.91 Å². The lowest BCUT2D eigenvalue weighted by atomic mass is 10.1. The number of halogens is 1. The molecule has 2 heterocycles. The molecule has 0 atom stereocenters. The van der Waals surface area contributed by atoms with Crippen LogP contribution < -0.4 is 5.32 Å². The van der Waals surface area contributed by atoms with E-state index in [9.17, 15) is 9.18 Å². The zero-order valence-electron chi connectivity index (χ0n) is 10.5. The van der Waals surface area contributed by atoms with Gasteiger partial charge in [-0.3, -0.25) is 9.20 Å². The number of nitrogens with zero attached hydrogens (tertiary/aromatic N) is 2. The SMILES string of the molecule is O=C(NCCc1ccccc1F)c1cn2ccsc2n1. The van der Waals surface area contributed by atoms with Gasteiger partial charge < -0.3 is 5.32 Å². The summed E-state index contributed by atoms with van der Waals surface area (Å²) in [6.45, 7) is 0.380. The Labute approximate surface area is 118 Å². The lowest BCUT2D eigenvalue weighted by Crippen LogP contribution is -2.26. The first kappa shape index (κ1) is 12.8. The quantitative estimate of drug-likeness (QED) is 0.802. The van der Waals surface area contributed by atoms with Crippen LogP contribution in [-0.4, -0.2) is 21.8 Å². The summed E-state index contributed by atoms with van der Waals surface area (Å²) in [4.78, 5) is 16.9. The molecule has 0 aliphatic rings. The van der Waals surface area contributed by atoms with Crippen LogP contribution in [0.3, 0.4) is 0 Å². The molecule has 0 unspecified atom stereocenters. The van der Waals surface area contributed by atoms with E-state index in [0.29, 0.717) is 24.2 Å². The molecule has 2 aromatic heterocycles. The molecule has 0 spiro atoms. The van der Waals surface area contributed by atoms with Gasteiger partial charge in [0.05, 0.1) is 0 Å². The monoisotopic (exact) mass is 289 g/mol. The molecule has 0 saturated carbocycles. The number of hydrogen-bond donors (Lipinski definition) is 1. The molecule has 102 valence electrons. The Bertz CT molecular complexity index is 721. The van der Waals surface area contributed by atoms with E-state index in [2.05, 4.69) is 10.3 Å². The average Bonchev–Trinajstić information content (AvgIpc) is 3.01. The van der Waals surface area contributed by atoms with E-state index >= 15 is 0 Å². The van der Waals surface area contributed by atoms with E-state index in [4.69, 9.17) is 0 Å². The van der Waals surface area contributed by atoms with Crippen LogP contribution in [0.1, 0.15) is 16.1 Å². The summed E-state index contributed by atoms with van der Waals surface area (Å²) in [6, 6.07) is 6.56. The molecule has 0 bridgehead atoms. The van der Waals surface area contributed by atoms with Crippen LogP contribution in [0.2, 0.25) is 0 Å². The number of aromatic nitrogens is 2. The van der Waals surface area contributed by atoms with Crippen LogP contribution in [0.15, 0.2) is 42.0 Å². The van der Waals surface area contributed by atoms with Crippen molar-refractivity contribution in [3.8, 4) is 0 Å². The highest BCUT2D eigenvalue weighted by atomic mass is 32.1. The summed E-state index contributed by atoms with van der Waals surface area (Å²) < 4.78 is 15.2. The fraction of sp³-hybridized carbons (Fsp3) is 0.143. The standard InChI is InChI=1S/C14H12FN3OS/c15-11-4-2-1-3-10(11)5-6-16-13(19)12-9-18-7-8-20-14(18)17-12/h1-4,7-9H,5-6H2,(H,16,19). The largest absolute Gasteiger partial charge is 0.350 e. The maximum atomic E-state index is 13.4. The summed E-state index contributed by atoms with van der Waals surface area (Å²) in [6.07, 6.45) is 3.99. The van der Waals surface area contributed by atoms with Crippen LogP contribution in [0.4, 0.5) is 4.39 Å². The maximum Gasteiger partial charge on any atom is 0.271 e. The highest BCUT2D eigenvalue weighted by Gasteiger charge is 2.11. The van der Waals surface area contributed by atoms with Crippen molar-refractivity contribution in [2.24, 2.45) is 0 Å². The van der Waals surface area contributed by atoms with Crippen LogP contribution >= 0.6 is 11.3 Å². The number of fused-ring (bicyclic) bond motifs is 1. The van der Waals surface area contributed by atoms with E-state index in [1.54, 1.807) is 28.8 Å². The van der Waals surface area contributed by atoms with Gasteiger partial charge in [0.2, 0.25) is 0 Å². The van der Waals surface area contributed by atoms with Crippen molar-refractivity contribution in [2.45, 2.75) is 6.42 Å². The van der Waals surface area contributed by atoms with Crippen molar-refractivity contribution in [2.75, 3.05) is 6.54 Å². The first-order valence-electron chi connectivity index (χ1n) is 6.18. The number of carbonyl (C=O) groups is 1. The molecule has 0 aliphatic carbocycles. The van der Waals surface area contributed by atoms with Crippen molar-refractivity contribution in [3.05, 3.63) is 59.1 Å². The third-order valence-electron chi connectivity index (χ3n) is 2.96. The van der Waals surface area contributed by atoms with Crippen molar-refractivity contribution >= 4 is 22.2 Å². The molecule has 0 saturated heterocycles. The molecule has 0 aliphatic heterocycles. The van der Waals surface area contributed by atoms with E-state index in [-0.39, 0.29) is 11.7 Å². The summed E-state index contributed by atoms with van der Waals surface area (Å²) >= 11 is 1.47. The van der Waals surface area contributed by atoms with E-state index in [0.717, 1.165) is 4.96 Å². The summed E-state index contributed by atoms with van der Waals surface area (Å²) in [5.74, 6) is -0.485. The van der Waals surface area contributed by atoms with Gasteiger partial charge in [-0.2, -0.15) is 0 Å². The lowest BCUT2D eigenvalue weighted by Gasteiger charge is -2.04. The van der Waals surface area contributed by atoms with E-state index < -0.39 is 0 Å². The summed E-state index contributed by atoms with van der Waals surface area (Å²) in [5.41, 5.74) is 0.976. The predicted octanol–water partition coefficient (Wildman–Crippen LogP) is 2.51. The number of imidazole rings is 1. The van der Waals surface area contributed by atoms with Gasteiger partial charge >= 0.3 is 0 Å².